The van der Waals surface area contributed by atoms with Crippen LogP contribution in [0.25, 0.3) is 0 Å². The van der Waals surface area contributed by atoms with Crippen molar-refractivity contribution in [2.24, 2.45) is 0 Å². The topological polar surface area (TPSA) is 27.7 Å². The molecule has 3 nitrogen and oxygen atoms in total. The summed E-state index contributed by atoms with van der Waals surface area (Å²) in [7, 11) is 0. The summed E-state index contributed by atoms with van der Waals surface area (Å²) in [6.45, 7) is 9.09. The SMILES string of the molecule is CCCCCCOc1ccc([I-]c2ccc(OCCCCCC)cc2OCCCCCC)cc1. The number of rotatable bonds is 20. The van der Waals surface area contributed by atoms with Crippen molar-refractivity contribution < 1.29 is 35.4 Å². The van der Waals surface area contributed by atoms with Crippen molar-refractivity contribution in [2.45, 2.75) is 97.8 Å². The first-order valence-corrected chi connectivity index (χ1v) is 15.7. The summed E-state index contributed by atoms with van der Waals surface area (Å²) in [6, 6.07) is 15.1. The van der Waals surface area contributed by atoms with Crippen LogP contribution in [-0.4, -0.2) is 19.8 Å². The van der Waals surface area contributed by atoms with Crippen LogP contribution >= 0.6 is 0 Å². The molecule has 0 amide bonds. The third-order valence-corrected chi connectivity index (χ3v) is 8.53. The van der Waals surface area contributed by atoms with Crippen LogP contribution in [0.1, 0.15) is 97.8 Å². The molecule has 0 saturated carbocycles. The van der Waals surface area contributed by atoms with Crippen LogP contribution in [0.5, 0.6) is 17.2 Å². The Bertz CT molecular complexity index is 760. The van der Waals surface area contributed by atoms with Crippen LogP contribution in [0.15, 0.2) is 42.5 Å². The fourth-order valence-electron chi connectivity index (χ4n) is 3.62. The van der Waals surface area contributed by atoms with Gasteiger partial charge in [-0.25, -0.2) is 0 Å². The quantitative estimate of drug-likeness (QED) is 0.149. The first-order chi connectivity index (χ1) is 16.8. The van der Waals surface area contributed by atoms with Crippen molar-refractivity contribution in [1.29, 1.82) is 0 Å². The molecule has 2 aromatic carbocycles. The molecule has 0 aliphatic heterocycles. The van der Waals surface area contributed by atoms with E-state index in [4.69, 9.17) is 14.2 Å². The van der Waals surface area contributed by atoms with E-state index in [0.29, 0.717) is 0 Å². The van der Waals surface area contributed by atoms with E-state index in [0.717, 1.165) is 56.3 Å². The maximum atomic E-state index is 6.27. The number of unbranched alkanes of at least 4 members (excludes halogenated alkanes) is 9. The Morgan fingerprint density at radius 2 is 1.03 bits per heavy atom. The van der Waals surface area contributed by atoms with Gasteiger partial charge in [-0.3, -0.25) is 0 Å². The summed E-state index contributed by atoms with van der Waals surface area (Å²) in [6.07, 6.45) is 14.7. The van der Waals surface area contributed by atoms with Gasteiger partial charge in [0, 0.05) is 0 Å². The van der Waals surface area contributed by atoms with Gasteiger partial charge < -0.3 is 0 Å². The van der Waals surface area contributed by atoms with Crippen LogP contribution < -0.4 is 35.4 Å². The molecule has 0 aromatic heterocycles. The Labute approximate surface area is 219 Å². The van der Waals surface area contributed by atoms with Gasteiger partial charge >= 0.3 is 220 Å². The predicted octanol–water partition coefficient (Wildman–Crippen LogP) is 5.69. The van der Waals surface area contributed by atoms with Crippen LogP contribution in [0.3, 0.4) is 0 Å². The number of ether oxygens (including phenoxy) is 3. The second-order valence-electron chi connectivity index (χ2n) is 8.87. The number of hydrogen-bond donors (Lipinski definition) is 0. The van der Waals surface area contributed by atoms with Gasteiger partial charge in [0.1, 0.15) is 0 Å². The summed E-state index contributed by atoms with van der Waals surface area (Å²) in [5, 5.41) is 0. The summed E-state index contributed by atoms with van der Waals surface area (Å²) in [4.78, 5) is 0. The molecule has 0 bridgehead atoms. The standard InChI is InChI=1S/C30H46IO3/c1-4-7-10-13-22-32-27-18-16-26(17-19-27)31-29-21-20-28(33-23-14-11-8-5-2)25-30(29)34-24-15-12-9-6-3/h16-21,25H,4-15,22-24H2,1-3H3/q-1. The molecule has 192 valence electrons. The molecule has 0 radical (unpaired) electrons. The number of benzene rings is 2. The average molecular weight is 582 g/mol. The average Bonchev–Trinajstić information content (AvgIpc) is 2.86. The first kappa shape index (κ1) is 28.8. The van der Waals surface area contributed by atoms with Crippen LogP contribution in [0.2, 0.25) is 0 Å². The Morgan fingerprint density at radius 1 is 0.529 bits per heavy atom. The first-order valence-electron chi connectivity index (χ1n) is 13.5. The number of hydrogen-bond acceptors (Lipinski definition) is 3. The van der Waals surface area contributed by atoms with Crippen molar-refractivity contribution >= 4 is 0 Å². The van der Waals surface area contributed by atoms with E-state index >= 15 is 0 Å². The third kappa shape index (κ3) is 12.3. The monoisotopic (exact) mass is 581 g/mol. The van der Waals surface area contributed by atoms with Crippen LogP contribution in [0, 0.1) is 7.14 Å². The van der Waals surface area contributed by atoms with Gasteiger partial charge in [-0.2, -0.15) is 0 Å². The third-order valence-electron chi connectivity index (χ3n) is 5.72. The van der Waals surface area contributed by atoms with Gasteiger partial charge in [-0.1, -0.05) is 0 Å². The Hall–Kier alpha value is -1.43. The molecule has 0 unspecified atom stereocenters. The molecule has 4 heteroatoms. The zero-order chi connectivity index (χ0) is 24.3. The van der Waals surface area contributed by atoms with Crippen LogP contribution in [0.4, 0.5) is 0 Å². The van der Waals surface area contributed by atoms with Gasteiger partial charge in [0.15, 0.2) is 0 Å². The van der Waals surface area contributed by atoms with E-state index in [-0.39, 0.29) is 21.2 Å². The van der Waals surface area contributed by atoms with Crippen molar-refractivity contribution in [3.63, 3.8) is 0 Å². The molecule has 0 saturated heterocycles. The molecular weight excluding hydrogens is 535 g/mol. The summed E-state index contributed by atoms with van der Waals surface area (Å²) < 4.78 is 20.9. The second-order valence-corrected chi connectivity index (χ2v) is 11.8. The Morgan fingerprint density at radius 3 is 1.59 bits per heavy atom. The molecule has 0 N–H and O–H groups in total. The molecule has 0 aliphatic carbocycles. The van der Waals surface area contributed by atoms with Crippen molar-refractivity contribution in [3.05, 3.63) is 49.6 Å². The molecule has 2 rings (SSSR count). The summed E-state index contributed by atoms with van der Waals surface area (Å²) in [5.41, 5.74) is 0. The summed E-state index contributed by atoms with van der Waals surface area (Å²) >= 11 is -0.328. The van der Waals surface area contributed by atoms with E-state index in [1.807, 2.05) is 0 Å². The van der Waals surface area contributed by atoms with Gasteiger partial charge in [-0.05, 0) is 0 Å². The van der Waals surface area contributed by atoms with E-state index in [2.05, 4.69) is 63.2 Å². The molecule has 34 heavy (non-hydrogen) atoms. The van der Waals surface area contributed by atoms with Gasteiger partial charge in [0.05, 0.1) is 0 Å². The normalized spacial score (nSPS) is 11.0. The summed E-state index contributed by atoms with van der Waals surface area (Å²) in [5.74, 6) is 2.91. The number of halogens is 1. The molecule has 0 spiro atoms. The Balaban J connectivity index is 1.94. The van der Waals surface area contributed by atoms with E-state index in [1.165, 1.54) is 64.9 Å². The van der Waals surface area contributed by atoms with Gasteiger partial charge in [0.2, 0.25) is 0 Å². The fourth-order valence-corrected chi connectivity index (χ4v) is 5.95. The van der Waals surface area contributed by atoms with Crippen molar-refractivity contribution in [1.82, 2.24) is 0 Å². The predicted molar refractivity (Wildman–Crippen MR) is 139 cm³/mol. The molecule has 0 atom stereocenters. The second kappa shape index (κ2) is 18.8. The fraction of sp³-hybridized carbons (Fsp3) is 0.600. The van der Waals surface area contributed by atoms with Gasteiger partial charge in [0.25, 0.3) is 0 Å². The molecule has 0 aliphatic rings. The van der Waals surface area contributed by atoms with Crippen molar-refractivity contribution in [3.8, 4) is 17.2 Å². The minimum absolute atomic E-state index is 0.328. The minimum atomic E-state index is -0.328. The van der Waals surface area contributed by atoms with E-state index < -0.39 is 0 Å². The molecule has 2 aromatic rings. The molecule has 0 heterocycles. The van der Waals surface area contributed by atoms with E-state index in [9.17, 15) is 0 Å². The van der Waals surface area contributed by atoms with Gasteiger partial charge in [-0.15, -0.1) is 0 Å². The zero-order valence-electron chi connectivity index (χ0n) is 21.8. The van der Waals surface area contributed by atoms with E-state index in [1.54, 1.807) is 0 Å². The molecular formula is C30H46IO3-. The molecule has 0 fully saturated rings. The van der Waals surface area contributed by atoms with Crippen LogP contribution in [-0.2, 0) is 0 Å². The zero-order valence-corrected chi connectivity index (χ0v) is 23.9. The van der Waals surface area contributed by atoms with Crippen molar-refractivity contribution in [2.75, 3.05) is 19.8 Å². The Kier molecular flexibility index (Phi) is 16.0. The maximum absolute atomic E-state index is 6.27.